The molecule has 0 unspecified atom stereocenters. The van der Waals surface area contributed by atoms with Crippen LogP contribution in [-0.2, 0) is 9.59 Å². The van der Waals surface area contributed by atoms with Gasteiger partial charge in [-0.1, -0.05) is 35.9 Å². The van der Waals surface area contributed by atoms with Gasteiger partial charge in [-0.3, -0.25) is 4.79 Å². The lowest BCUT2D eigenvalue weighted by atomic mass is 9.73. The second-order valence-corrected chi connectivity index (χ2v) is 4.58. The van der Waals surface area contributed by atoms with Gasteiger partial charge in [-0.15, -0.1) is 0 Å². The van der Waals surface area contributed by atoms with Crippen molar-refractivity contribution in [1.82, 2.24) is 0 Å². The summed E-state index contributed by atoms with van der Waals surface area (Å²) in [7, 11) is 0. The molecule has 0 fully saturated rings. The van der Waals surface area contributed by atoms with E-state index in [0.29, 0.717) is 0 Å². The first-order valence-electron chi connectivity index (χ1n) is 5.93. The molecule has 0 saturated carbocycles. The number of allylic oxidation sites excluding steroid dienone is 2. The largest absolute Gasteiger partial charge is 0.303 e. The van der Waals surface area contributed by atoms with E-state index >= 15 is 0 Å². The van der Waals surface area contributed by atoms with Crippen molar-refractivity contribution >= 4 is 12.6 Å². The SMILES string of the molecule is CC1=C(C=O)[C@@H](c2ccccc2)[C@H](C=O)CC1. The Morgan fingerprint density at radius 2 is 1.88 bits per heavy atom. The third kappa shape index (κ3) is 2.21. The van der Waals surface area contributed by atoms with Gasteiger partial charge in [0.2, 0.25) is 0 Å². The highest BCUT2D eigenvalue weighted by atomic mass is 16.1. The van der Waals surface area contributed by atoms with Crippen LogP contribution in [0.15, 0.2) is 41.5 Å². The Morgan fingerprint density at radius 1 is 1.18 bits per heavy atom. The summed E-state index contributed by atoms with van der Waals surface area (Å²) in [6.07, 6.45) is 3.60. The molecule has 0 amide bonds. The predicted molar refractivity (Wildman–Crippen MR) is 66.7 cm³/mol. The summed E-state index contributed by atoms with van der Waals surface area (Å²) < 4.78 is 0. The predicted octanol–water partition coefficient (Wildman–Crippen LogP) is 2.89. The van der Waals surface area contributed by atoms with Gasteiger partial charge < -0.3 is 4.79 Å². The van der Waals surface area contributed by atoms with Crippen molar-refractivity contribution in [3.05, 3.63) is 47.0 Å². The van der Waals surface area contributed by atoms with Crippen molar-refractivity contribution in [2.45, 2.75) is 25.7 Å². The van der Waals surface area contributed by atoms with Gasteiger partial charge in [0.25, 0.3) is 0 Å². The second kappa shape index (κ2) is 5.09. The quantitative estimate of drug-likeness (QED) is 0.745. The Hall–Kier alpha value is -1.70. The van der Waals surface area contributed by atoms with Crippen LogP contribution in [0.1, 0.15) is 31.2 Å². The van der Waals surface area contributed by atoms with E-state index in [4.69, 9.17) is 0 Å². The minimum absolute atomic E-state index is 0.0556. The number of carbonyl (C=O) groups is 2. The Kier molecular flexibility index (Phi) is 3.52. The van der Waals surface area contributed by atoms with Crippen molar-refractivity contribution in [2.24, 2.45) is 5.92 Å². The lowest BCUT2D eigenvalue weighted by molar-refractivity contribution is -0.112. The molecule has 0 aromatic heterocycles. The fraction of sp³-hybridized carbons (Fsp3) is 0.333. The zero-order valence-electron chi connectivity index (χ0n) is 9.93. The molecule has 1 aliphatic rings. The molecule has 88 valence electrons. The molecule has 0 heterocycles. The summed E-state index contributed by atoms with van der Waals surface area (Å²) in [6, 6.07) is 9.82. The Labute approximate surface area is 101 Å². The van der Waals surface area contributed by atoms with E-state index in [1.54, 1.807) is 0 Å². The van der Waals surface area contributed by atoms with Gasteiger partial charge in [0.15, 0.2) is 0 Å². The molecule has 17 heavy (non-hydrogen) atoms. The van der Waals surface area contributed by atoms with E-state index in [2.05, 4.69) is 0 Å². The zero-order valence-corrected chi connectivity index (χ0v) is 9.93. The van der Waals surface area contributed by atoms with E-state index in [9.17, 15) is 9.59 Å². The molecule has 0 radical (unpaired) electrons. The molecular weight excluding hydrogens is 212 g/mol. The standard InChI is InChI=1S/C15H16O2/c1-11-7-8-13(9-16)15(14(11)10-17)12-5-3-2-4-6-12/h2-6,9-10,13,15H,7-8H2,1H3/t13-,15-/m0/s1. The fourth-order valence-electron chi connectivity index (χ4n) is 2.60. The molecule has 1 aromatic carbocycles. The third-order valence-electron chi connectivity index (χ3n) is 3.57. The van der Waals surface area contributed by atoms with Gasteiger partial charge in [0, 0.05) is 11.8 Å². The molecule has 0 N–H and O–H groups in total. The molecule has 0 spiro atoms. The Morgan fingerprint density at radius 3 is 2.47 bits per heavy atom. The van der Waals surface area contributed by atoms with E-state index in [1.807, 2.05) is 37.3 Å². The fourth-order valence-corrected chi connectivity index (χ4v) is 2.60. The van der Waals surface area contributed by atoms with Crippen molar-refractivity contribution in [2.75, 3.05) is 0 Å². The number of aldehydes is 2. The minimum atomic E-state index is -0.0682. The van der Waals surface area contributed by atoms with Gasteiger partial charge in [-0.05, 0) is 30.9 Å². The Balaban J connectivity index is 2.48. The summed E-state index contributed by atoms with van der Waals surface area (Å²) in [5.74, 6) is -0.124. The van der Waals surface area contributed by atoms with Crippen LogP contribution < -0.4 is 0 Å². The maximum atomic E-state index is 11.2. The molecule has 2 nitrogen and oxygen atoms in total. The third-order valence-corrected chi connectivity index (χ3v) is 3.57. The number of hydrogen-bond acceptors (Lipinski definition) is 2. The monoisotopic (exact) mass is 228 g/mol. The normalized spacial score (nSPS) is 24.5. The molecular formula is C15H16O2. The molecule has 1 aliphatic carbocycles. The number of benzene rings is 1. The van der Waals surface area contributed by atoms with Crippen LogP contribution >= 0.6 is 0 Å². The Bertz CT molecular complexity index is 445. The molecule has 0 aliphatic heterocycles. The number of rotatable bonds is 3. The maximum absolute atomic E-state index is 11.2. The smallest absolute Gasteiger partial charge is 0.146 e. The summed E-state index contributed by atoms with van der Waals surface area (Å²) in [5.41, 5.74) is 2.97. The van der Waals surface area contributed by atoms with Crippen molar-refractivity contribution in [3.8, 4) is 0 Å². The van der Waals surface area contributed by atoms with Gasteiger partial charge >= 0.3 is 0 Å². The van der Waals surface area contributed by atoms with Crippen LogP contribution in [0.2, 0.25) is 0 Å². The van der Waals surface area contributed by atoms with Crippen LogP contribution in [0.3, 0.4) is 0 Å². The first kappa shape index (κ1) is 11.8. The van der Waals surface area contributed by atoms with Crippen LogP contribution in [-0.4, -0.2) is 12.6 Å². The maximum Gasteiger partial charge on any atom is 0.146 e. The topological polar surface area (TPSA) is 34.1 Å². The van der Waals surface area contributed by atoms with Crippen LogP contribution in [0.25, 0.3) is 0 Å². The molecule has 2 heteroatoms. The molecule has 0 saturated heterocycles. The van der Waals surface area contributed by atoms with Gasteiger partial charge in [-0.25, -0.2) is 0 Å². The molecule has 2 rings (SSSR count). The first-order valence-corrected chi connectivity index (χ1v) is 5.93. The van der Waals surface area contributed by atoms with E-state index in [-0.39, 0.29) is 11.8 Å². The van der Waals surface area contributed by atoms with E-state index in [0.717, 1.165) is 42.1 Å². The van der Waals surface area contributed by atoms with E-state index < -0.39 is 0 Å². The summed E-state index contributed by atoms with van der Waals surface area (Å²) >= 11 is 0. The van der Waals surface area contributed by atoms with Gasteiger partial charge in [-0.2, -0.15) is 0 Å². The summed E-state index contributed by atoms with van der Waals surface area (Å²) in [6.45, 7) is 1.99. The summed E-state index contributed by atoms with van der Waals surface area (Å²) in [4.78, 5) is 22.4. The average Bonchev–Trinajstić information content (AvgIpc) is 2.39. The molecule has 1 aromatic rings. The lowest BCUT2D eigenvalue weighted by Crippen LogP contribution is -2.22. The van der Waals surface area contributed by atoms with Crippen LogP contribution in [0, 0.1) is 5.92 Å². The number of carbonyl (C=O) groups excluding carboxylic acids is 2. The molecule has 2 atom stereocenters. The highest BCUT2D eigenvalue weighted by Gasteiger charge is 2.30. The lowest BCUT2D eigenvalue weighted by Gasteiger charge is -2.29. The van der Waals surface area contributed by atoms with E-state index in [1.165, 1.54) is 0 Å². The van der Waals surface area contributed by atoms with Crippen LogP contribution in [0.4, 0.5) is 0 Å². The summed E-state index contributed by atoms with van der Waals surface area (Å²) in [5, 5.41) is 0. The highest BCUT2D eigenvalue weighted by molar-refractivity contribution is 5.80. The van der Waals surface area contributed by atoms with Crippen molar-refractivity contribution in [3.63, 3.8) is 0 Å². The minimum Gasteiger partial charge on any atom is -0.303 e. The average molecular weight is 228 g/mol. The van der Waals surface area contributed by atoms with Crippen LogP contribution in [0.5, 0.6) is 0 Å². The zero-order chi connectivity index (χ0) is 12.3. The highest BCUT2D eigenvalue weighted by Crippen LogP contribution is 2.39. The van der Waals surface area contributed by atoms with Crippen molar-refractivity contribution in [1.29, 1.82) is 0 Å². The molecule has 0 bridgehead atoms. The van der Waals surface area contributed by atoms with Gasteiger partial charge in [0.1, 0.15) is 12.6 Å². The van der Waals surface area contributed by atoms with Gasteiger partial charge in [0.05, 0.1) is 0 Å². The first-order chi connectivity index (χ1) is 8.27. The second-order valence-electron chi connectivity index (χ2n) is 4.58. The number of hydrogen-bond donors (Lipinski definition) is 0. The van der Waals surface area contributed by atoms with Crippen molar-refractivity contribution < 1.29 is 9.59 Å².